The summed E-state index contributed by atoms with van der Waals surface area (Å²) >= 11 is 1.56. The molecule has 1 atom stereocenters. The van der Waals surface area contributed by atoms with Crippen molar-refractivity contribution in [3.8, 4) is 17.2 Å². The number of rotatable bonds is 6. The first-order valence-electron chi connectivity index (χ1n) is 14.6. The van der Waals surface area contributed by atoms with Gasteiger partial charge >= 0.3 is 0 Å². The first kappa shape index (κ1) is 30.0. The molecule has 1 saturated heterocycles. The standard InChI is InChI=1S/C33H42N4O4S/c1-21-13-15-35(16-14-21)27(38)19-36-28(39)20-42-30(23-11-12-25(40-6)26(18-23)41-7)29-31(33(3,4)5)34-37(32(29)36)24-10-8-9-22(2)17-24/h8-12,17-18,21,30H,13-16,19-20H2,1-7H3. The SMILES string of the molecule is COc1ccc(C2SCC(=O)N(CC(=O)N3CCC(C)CC3)c3c2c(C(C)(C)C)nn3-c2cccc(C)c2)cc1OC. The van der Waals surface area contributed by atoms with Crippen molar-refractivity contribution in [1.82, 2.24) is 14.7 Å². The number of hydrogen-bond acceptors (Lipinski definition) is 6. The van der Waals surface area contributed by atoms with Crippen molar-refractivity contribution >= 4 is 29.4 Å². The number of anilines is 1. The molecule has 1 aromatic heterocycles. The zero-order valence-corrected chi connectivity index (χ0v) is 26.6. The number of hydrogen-bond donors (Lipinski definition) is 0. The van der Waals surface area contributed by atoms with E-state index in [1.54, 1.807) is 30.9 Å². The van der Waals surface area contributed by atoms with Crippen molar-refractivity contribution in [1.29, 1.82) is 0 Å². The predicted molar refractivity (Wildman–Crippen MR) is 168 cm³/mol. The van der Waals surface area contributed by atoms with Gasteiger partial charge in [-0.25, -0.2) is 4.68 Å². The molecular weight excluding hydrogens is 548 g/mol. The molecule has 0 N–H and O–H groups in total. The number of aryl methyl sites for hydroxylation is 1. The molecule has 42 heavy (non-hydrogen) atoms. The lowest BCUT2D eigenvalue weighted by Gasteiger charge is -2.32. The molecule has 0 radical (unpaired) electrons. The average molecular weight is 591 g/mol. The van der Waals surface area contributed by atoms with Gasteiger partial charge in [0.1, 0.15) is 12.4 Å². The fraction of sp³-hybridized carbons (Fsp3) is 0.485. The summed E-state index contributed by atoms with van der Waals surface area (Å²) in [7, 11) is 3.25. The minimum Gasteiger partial charge on any atom is -0.493 e. The molecule has 9 heteroatoms. The normalized spacial score (nSPS) is 18.1. The van der Waals surface area contributed by atoms with E-state index in [0.29, 0.717) is 23.2 Å². The van der Waals surface area contributed by atoms with Crippen LogP contribution in [0.25, 0.3) is 5.69 Å². The quantitative estimate of drug-likeness (QED) is 0.355. The molecule has 0 spiro atoms. The largest absolute Gasteiger partial charge is 0.493 e. The summed E-state index contributed by atoms with van der Waals surface area (Å²) in [4.78, 5) is 31.3. The third-order valence-corrected chi connectivity index (χ3v) is 9.44. The highest BCUT2D eigenvalue weighted by atomic mass is 32.2. The van der Waals surface area contributed by atoms with Crippen LogP contribution in [0.4, 0.5) is 5.82 Å². The van der Waals surface area contributed by atoms with Crippen LogP contribution >= 0.6 is 11.8 Å². The van der Waals surface area contributed by atoms with Gasteiger partial charge in [-0.15, -0.1) is 11.8 Å². The smallest absolute Gasteiger partial charge is 0.242 e. The van der Waals surface area contributed by atoms with Crippen LogP contribution in [-0.2, 0) is 15.0 Å². The van der Waals surface area contributed by atoms with E-state index >= 15 is 0 Å². The maximum Gasteiger partial charge on any atom is 0.242 e. The van der Waals surface area contributed by atoms with Gasteiger partial charge in [-0.05, 0) is 61.1 Å². The molecule has 0 saturated carbocycles. The number of likely N-dealkylation sites (tertiary alicyclic amines) is 1. The molecular formula is C33H42N4O4S. The number of ether oxygens (including phenoxy) is 2. The number of carbonyl (C=O) groups is 2. The van der Waals surface area contributed by atoms with Crippen LogP contribution in [0.1, 0.15) is 68.2 Å². The second-order valence-electron chi connectivity index (χ2n) is 12.4. The van der Waals surface area contributed by atoms with Crippen molar-refractivity contribution in [2.75, 3.05) is 44.5 Å². The fourth-order valence-electron chi connectivity index (χ4n) is 5.79. The highest BCUT2D eigenvalue weighted by Crippen LogP contribution is 2.49. The maximum absolute atomic E-state index is 14.0. The monoisotopic (exact) mass is 590 g/mol. The van der Waals surface area contributed by atoms with E-state index in [1.807, 2.05) is 52.9 Å². The molecule has 2 aliphatic rings. The number of methoxy groups -OCH3 is 2. The second kappa shape index (κ2) is 12.0. The van der Waals surface area contributed by atoms with Crippen molar-refractivity contribution in [3.05, 3.63) is 64.8 Å². The van der Waals surface area contributed by atoms with Gasteiger partial charge < -0.3 is 14.4 Å². The molecule has 224 valence electrons. The van der Waals surface area contributed by atoms with Crippen molar-refractivity contribution in [2.24, 2.45) is 5.92 Å². The zero-order chi connectivity index (χ0) is 30.2. The van der Waals surface area contributed by atoms with Crippen molar-refractivity contribution < 1.29 is 19.1 Å². The number of fused-ring (bicyclic) bond motifs is 1. The molecule has 1 fully saturated rings. The van der Waals surface area contributed by atoms with Crippen LogP contribution in [0.5, 0.6) is 11.5 Å². The van der Waals surface area contributed by atoms with Gasteiger partial charge in [0.2, 0.25) is 11.8 Å². The summed E-state index contributed by atoms with van der Waals surface area (Å²) < 4.78 is 13.1. The summed E-state index contributed by atoms with van der Waals surface area (Å²) in [6.07, 6.45) is 1.97. The van der Waals surface area contributed by atoms with E-state index in [4.69, 9.17) is 14.6 Å². The summed E-state index contributed by atoms with van der Waals surface area (Å²) in [5.74, 6) is 2.65. The van der Waals surface area contributed by atoms with Gasteiger partial charge in [0, 0.05) is 24.1 Å². The number of thioether (sulfide) groups is 1. The maximum atomic E-state index is 14.0. The Balaban J connectivity index is 1.72. The number of carbonyl (C=O) groups excluding carboxylic acids is 2. The Morgan fingerprint density at radius 1 is 1.05 bits per heavy atom. The summed E-state index contributed by atoms with van der Waals surface area (Å²) in [5.41, 5.74) is 4.44. The predicted octanol–water partition coefficient (Wildman–Crippen LogP) is 5.92. The lowest BCUT2D eigenvalue weighted by molar-refractivity contribution is -0.132. The Morgan fingerprint density at radius 2 is 1.76 bits per heavy atom. The van der Waals surface area contributed by atoms with Gasteiger partial charge in [0.25, 0.3) is 0 Å². The first-order chi connectivity index (χ1) is 20.0. The van der Waals surface area contributed by atoms with Crippen molar-refractivity contribution in [3.63, 3.8) is 0 Å². The van der Waals surface area contributed by atoms with Gasteiger partial charge in [-0.1, -0.05) is 45.9 Å². The molecule has 2 aliphatic heterocycles. The highest BCUT2D eigenvalue weighted by molar-refractivity contribution is 8.00. The topological polar surface area (TPSA) is 76.9 Å². The van der Waals surface area contributed by atoms with Crippen LogP contribution in [0, 0.1) is 12.8 Å². The van der Waals surface area contributed by atoms with Crippen LogP contribution in [0.15, 0.2) is 42.5 Å². The van der Waals surface area contributed by atoms with Crippen LogP contribution in [0.2, 0.25) is 0 Å². The summed E-state index contributed by atoms with van der Waals surface area (Å²) in [5, 5.41) is 5.00. The van der Waals surface area contributed by atoms with E-state index in [9.17, 15) is 9.59 Å². The second-order valence-corrected chi connectivity index (χ2v) is 13.5. The molecule has 2 amide bonds. The van der Waals surface area contributed by atoms with E-state index in [0.717, 1.165) is 54.0 Å². The zero-order valence-electron chi connectivity index (χ0n) is 25.8. The molecule has 3 aromatic rings. The van der Waals surface area contributed by atoms with Gasteiger partial charge in [-0.3, -0.25) is 14.5 Å². The van der Waals surface area contributed by atoms with Crippen LogP contribution < -0.4 is 14.4 Å². The Morgan fingerprint density at radius 3 is 2.40 bits per heavy atom. The van der Waals surface area contributed by atoms with E-state index in [2.05, 4.69) is 33.8 Å². The fourth-order valence-corrected chi connectivity index (χ4v) is 6.97. The Kier molecular flexibility index (Phi) is 8.60. The Labute approximate surface area is 253 Å². The van der Waals surface area contributed by atoms with E-state index in [1.165, 1.54) is 0 Å². The highest BCUT2D eigenvalue weighted by Gasteiger charge is 2.40. The molecule has 1 unspecified atom stereocenters. The number of aromatic nitrogens is 2. The van der Waals surface area contributed by atoms with E-state index in [-0.39, 0.29) is 34.8 Å². The van der Waals surface area contributed by atoms with Crippen LogP contribution in [0.3, 0.4) is 0 Å². The van der Waals surface area contributed by atoms with Gasteiger partial charge in [0.05, 0.1) is 36.6 Å². The average Bonchev–Trinajstić information content (AvgIpc) is 3.30. The molecule has 8 nitrogen and oxygen atoms in total. The number of piperidine rings is 1. The minimum absolute atomic E-state index is 0.0134. The number of amides is 2. The number of nitrogens with zero attached hydrogens (tertiary/aromatic N) is 4. The first-order valence-corrected chi connectivity index (χ1v) is 15.7. The Bertz CT molecular complexity index is 1470. The van der Waals surface area contributed by atoms with Gasteiger partial charge in [0.15, 0.2) is 11.5 Å². The lowest BCUT2D eigenvalue weighted by atomic mass is 9.87. The van der Waals surface area contributed by atoms with Gasteiger partial charge in [-0.2, -0.15) is 5.10 Å². The van der Waals surface area contributed by atoms with E-state index < -0.39 is 0 Å². The lowest BCUT2D eigenvalue weighted by Crippen LogP contribution is -2.46. The molecule has 5 rings (SSSR count). The summed E-state index contributed by atoms with van der Waals surface area (Å²) in [6.45, 7) is 12.1. The molecule has 0 aliphatic carbocycles. The Hall–Kier alpha value is -3.46. The third-order valence-electron chi connectivity index (χ3n) is 8.19. The summed E-state index contributed by atoms with van der Waals surface area (Å²) in [6, 6.07) is 14.0. The number of benzene rings is 2. The molecule has 0 bridgehead atoms. The third kappa shape index (κ3) is 5.89. The van der Waals surface area contributed by atoms with Crippen molar-refractivity contribution in [2.45, 2.75) is 58.1 Å². The molecule has 2 aromatic carbocycles. The molecule has 3 heterocycles. The minimum atomic E-state index is -0.333. The van der Waals surface area contributed by atoms with Crippen LogP contribution in [-0.4, -0.2) is 66.1 Å².